The molecule has 1 aromatic carbocycles. The molecule has 17 heavy (non-hydrogen) atoms. The fraction of sp³-hybridized carbons (Fsp3) is 0.182. The van der Waals surface area contributed by atoms with E-state index in [1.54, 1.807) is 6.07 Å². The van der Waals surface area contributed by atoms with Crippen molar-refractivity contribution in [3.05, 3.63) is 29.8 Å². The number of aromatic carboxylic acids is 1. The summed E-state index contributed by atoms with van der Waals surface area (Å²) in [5.74, 6) is -1.04. The molecule has 0 saturated heterocycles. The summed E-state index contributed by atoms with van der Waals surface area (Å²) in [6.45, 7) is -0.283. The van der Waals surface area contributed by atoms with Crippen molar-refractivity contribution in [2.75, 3.05) is 13.2 Å². The number of ether oxygens (including phenoxy) is 1. The summed E-state index contributed by atoms with van der Waals surface area (Å²) in [6.07, 6.45) is 0. The fourth-order valence-corrected chi connectivity index (χ4v) is 1.03. The highest BCUT2D eigenvalue weighted by Gasteiger charge is 2.04. The molecule has 0 spiro atoms. The van der Waals surface area contributed by atoms with Crippen LogP contribution in [0.15, 0.2) is 24.3 Å². The number of rotatable bonds is 5. The van der Waals surface area contributed by atoms with Gasteiger partial charge in [-0.1, -0.05) is 0 Å². The largest absolute Gasteiger partial charge is 0.484 e. The average Bonchev–Trinajstić information content (AvgIpc) is 2.34. The zero-order chi connectivity index (χ0) is 12.7. The van der Waals surface area contributed by atoms with Crippen LogP contribution in [0.25, 0.3) is 0 Å². The van der Waals surface area contributed by atoms with E-state index >= 15 is 0 Å². The lowest BCUT2D eigenvalue weighted by Gasteiger charge is -2.05. The van der Waals surface area contributed by atoms with Gasteiger partial charge in [0.2, 0.25) is 0 Å². The van der Waals surface area contributed by atoms with Crippen LogP contribution in [0.3, 0.4) is 0 Å². The predicted octanol–water partition coefficient (Wildman–Crippen LogP) is 0.403. The standard InChI is InChI=1S/C11H10N2O4/c12-5-6-13-10(14)7-17-9-3-1-8(2-4-9)11(15)16/h1-4H,6-7H2,(H,13,14)(H,15,16). The van der Waals surface area contributed by atoms with Gasteiger partial charge in [-0.25, -0.2) is 4.79 Å². The highest BCUT2D eigenvalue weighted by molar-refractivity contribution is 5.87. The molecule has 0 fully saturated rings. The summed E-state index contributed by atoms with van der Waals surface area (Å²) in [5, 5.41) is 19.2. The van der Waals surface area contributed by atoms with Crippen molar-refractivity contribution in [2.45, 2.75) is 0 Å². The van der Waals surface area contributed by atoms with E-state index in [1.807, 2.05) is 0 Å². The van der Waals surface area contributed by atoms with Gasteiger partial charge in [0.25, 0.3) is 5.91 Å². The van der Waals surface area contributed by atoms with Crippen molar-refractivity contribution >= 4 is 11.9 Å². The number of carboxylic acid groups (broad SMARTS) is 1. The molecule has 6 heteroatoms. The molecule has 0 aromatic heterocycles. The third-order valence-corrected chi connectivity index (χ3v) is 1.84. The van der Waals surface area contributed by atoms with E-state index in [0.717, 1.165) is 0 Å². The maximum atomic E-state index is 11.1. The number of nitrogens with zero attached hydrogens (tertiary/aromatic N) is 1. The van der Waals surface area contributed by atoms with Crippen molar-refractivity contribution in [3.63, 3.8) is 0 Å². The van der Waals surface area contributed by atoms with Crippen LogP contribution >= 0.6 is 0 Å². The number of carboxylic acids is 1. The summed E-state index contributed by atoms with van der Waals surface area (Å²) in [7, 11) is 0. The summed E-state index contributed by atoms with van der Waals surface area (Å²) in [5.41, 5.74) is 0.145. The molecule has 1 amide bonds. The number of nitriles is 1. The molecule has 0 bridgehead atoms. The smallest absolute Gasteiger partial charge is 0.335 e. The van der Waals surface area contributed by atoms with Crippen LogP contribution in [0, 0.1) is 11.3 Å². The van der Waals surface area contributed by atoms with Gasteiger partial charge in [-0.3, -0.25) is 4.79 Å². The predicted molar refractivity (Wildman–Crippen MR) is 57.5 cm³/mol. The van der Waals surface area contributed by atoms with Crippen molar-refractivity contribution in [3.8, 4) is 11.8 Å². The summed E-state index contributed by atoms with van der Waals surface area (Å²) < 4.78 is 5.09. The van der Waals surface area contributed by atoms with Gasteiger partial charge in [-0.2, -0.15) is 5.26 Å². The maximum Gasteiger partial charge on any atom is 0.335 e. The fourth-order valence-electron chi connectivity index (χ4n) is 1.03. The molecule has 1 rings (SSSR count). The van der Waals surface area contributed by atoms with E-state index in [1.165, 1.54) is 24.3 Å². The molecule has 0 aliphatic rings. The van der Waals surface area contributed by atoms with Crippen LogP contribution in [0.1, 0.15) is 10.4 Å². The second-order valence-electron chi connectivity index (χ2n) is 3.05. The van der Waals surface area contributed by atoms with Gasteiger partial charge in [0.1, 0.15) is 12.3 Å². The van der Waals surface area contributed by atoms with Gasteiger partial charge in [0, 0.05) is 0 Å². The maximum absolute atomic E-state index is 11.1. The molecule has 0 saturated carbocycles. The van der Waals surface area contributed by atoms with Crippen molar-refractivity contribution in [1.82, 2.24) is 5.32 Å². The normalized spacial score (nSPS) is 9.12. The van der Waals surface area contributed by atoms with Crippen LogP contribution in [0.2, 0.25) is 0 Å². The molecule has 6 nitrogen and oxygen atoms in total. The monoisotopic (exact) mass is 234 g/mol. The van der Waals surface area contributed by atoms with Crippen LogP contribution in [0.4, 0.5) is 0 Å². The topological polar surface area (TPSA) is 99.4 Å². The quantitative estimate of drug-likeness (QED) is 0.718. The Bertz CT molecular complexity index is 448. The van der Waals surface area contributed by atoms with Crippen molar-refractivity contribution in [1.29, 1.82) is 5.26 Å². The van der Waals surface area contributed by atoms with Gasteiger partial charge in [-0.15, -0.1) is 0 Å². The van der Waals surface area contributed by atoms with Gasteiger partial charge in [0.15, 0.2) is 6.61 Å². The Kier molecular flexibility index (Phi) is 4.51. The van der Waals surface area contributed by atoms with E-state index in [9.17, 15) is 9.59 Å². The molecule has 0 aliphatic heterocycles. The highest BCUT2D eigenvalue weighted by Crippen LogP contribution is 2.11. The molecule has 0 atom stereocenters. The second kappa shape index (κ2) is 6.12. The van der Waals surface area contributed by atoms with Gasteiger partial charge < -0.3 is 15.2 Å². The number of nitrogens with one attached hydrogen (secondary N) is 1. The lowest BCUT2D eigenvalue weighted by atomic mass is 10.2. The van der Waals surface area contributed by atoms with E-state index in [0.29, 0.717) is 5.75 Å². The number of hydrogen-bond donors (Lipinski definition) is 2. The third-order valence-electron chi connectivity index (χ3n) is 1.84. The van der Waals surface area contributed by atoms with Crippen molar-refractivity contribution < 1.29 is 19.4 Å². The van der Waals surface area contributed by atoms with Crippen LogP contribution in [0.5, 0.6) is 5.75 Å². The number of carbonyl (C=O) groups excluding carboxylic acids is 1. The van der Waals surface area contributed by atoms with Crippen LogP contribution in [-0.2, 0) is 4.79 Å². The zero-order valence-corrected chi connectivity index (χ0v) is 8.84. The first-order valence-corrected chi connectivity index (χ1v) is 4.73. The summed E-state index contributed by atoms with van der Waals surface area (Å²) >= 11 is 0. The minimum absolute atomic E-state index is 0.0693. The Hall–Kier alpha value is -2.55. The molecule has 2 N–H and O–H groups in total. The van der Waals surface area contributed by atoms with Gasteiger partial charge >= 0.3 is 5.97 Å². The Labute approximate surface area is 97.4 Å². The first-order valence-electron chi connectivity index (χ1n) is 4.73. The second-order valence-corrected chi connectivity index (χ2v) is 3.05. The summed E-state index contributed by atoms with van der Waals surface area (Å²) in [4.78, 5) is 21.6. The first kappa shape index (κ1) is 12.5. The SMILES string of the molecule is N#CCNC(=O)COc1ccc(C(=O)O)cc1. The Morgan fingerprint density at radius 3 is 2.53 bits per heavy atom. The Balaban J connectivity index is 2.45. The zero-order valence-electron chi connectivity index (χ0n) is 8.84. The lowest BCUT2D eigenvalue weighted by Crippen LogP contribution is -2.29. The molecular weight excluding hydrogens is 224 g/mol. The van der Waals surface area contributed by atoms with Gasteiger partial charge in [-0.05, 0) is 24.3 Å². The highest BCUT2D eigenvalue weighted by atomic mass is 16.5. The van der Waals surface area contributed by atoms with Gasteiger partial charge in [0.05, 0.1) is 11.6 Å². The summed E-state index contributed by atoms with van der Waals surface area (Å²) in [6, 6.07) is 7.44. The number of hydrogen-bond acceptors (Lipinski definition) is 4. The Morgan fingerprint density at radius 1 is 1.35 bits per heavy atom. The van der Waals surface area contributed by atoms with E-state index in [-0.39, 0.29) is 18.7 Å². The first-order chi connectivity index (χ1) is 8.13. The third kappa shape index (κ3) is 4.22. The van der Waals surface area contributed by atoms with Crippen LogP contribution < -0.4 is 10.1 Å². The van der Waals surface area contributed by atoms with Crippen molar-refractivity contribution in [2.24, 2.45) is 0 Å². The molecule has 88 valence electrons. The molecular formula is C11H10N2O4. The Morgan fingerprint density at radius 2 is 2.00 bits per heavy atom. The minimum atomic E-state index is -1.02. The minimum Gasteiger partial charge on any atom is -0.484 e. The van der Waals surface area contributed by atoms with E-state index in [4.69, 9.17) is 15.1 Å². The molecule has 0 aliphatic carbocycles. The number of benzene rings is 1. The lowest BCUT2D eigenvalue weighted by molar-refractivity contribution is -0.122. The molecule has 0 unspecified atom stereocenters. The van der Waals surface area contributed by atoms with E-state index < -0.39 is 11.9 Å². The average molecular weight is 234 g/mol. The molecule has 0 heterocycles. The number of amides is 1. The van der Waals surface area contributed by atoms with Crippen LogP contribution in [-0.4, -0.2) is 30.1 Å². The molecule has 1 aromatic rings. The molecule has 0 radical (unpaired) electrons. The number of carbonyl (C=O) groups is 2. The van der Waals surface area contributed by atoms with E-state index in [2.05, 4.69) is 5.32 Å².